The number of phenols is 1. The third-order valence-electron chi connectivity index (χ3n) is 3.85. The normalized spacial score (nSPS) is 13.8. The molecule has 0 saturated heterocycles. The highest BCUT2D eigenvalue weighted by Crippen LogP contribution is 2.31. The zero-order valence-corrected chi connectivity index (χ0v) is 13.3. The number of anilines is 1. The summed E-state index contributed by atoms with van der Waals surface area (Å²) in [6, 6.07) is 13.4. The molecule has 2 aromatic carbocycles. The predicted octanol–water partition coefficient (Wildman–Crippen LogP) is 4.26. The van der Waals surface area contributed by atoms with Gasteiger partial charge in [-0.1, -0.05) is 29.8 Å². The predicted molar refractivity (Wildman–Crippen MR) is 89.0 cm³/mol. The van der Waals surface area contributed by atoms with Crippen LogP contribution in [0, 0.1) is 0 Å². The van der Waals surface area contributed by atoms with Gasteiger partial charge in [0.2, 0.25) is 0 Å². The molecule has 2 unspecified atom stereocenters. The van der Waals surface area contributed by atoms with Gasteiger partial charge < -0.3 is 15.7 Å². The Hall–Kier alpha value is -1.71. The Balaban J connectivity index is 2.25. The summed E-state index contributed by atoms with van der Waals surface area (Å²) in [5.41, 5.74) is 8.68. The first-order valence-corrected chi connectivity index (χ1v) is 7.34. The van der Waals surface area contributed by atoms with Gasteiger partial charge in [0.25, 0.3) is 0 Å². The molecule has 21 heavy (non-hydrogen) atoms. The molecule has 0 fully saturated rings. The molecule has 0 saturated carbocycles. The largest absolute Gasteiger partial charge is 0.508 e. The maximum Gasteiger partial charge on any atom is 0.122 e. The summed E-state index contributed by atoms with van der Waals surface area (Å²) in [4.78, 5) is 2.11. The molecule has 4 heteroatoms. The van der Waals surface area contributed by atoms with Crippen molar-refractivity contribution in [2.45, 2.75) is 25.9 Å². The van der Waals surface area contributed by atoms with Crippen molar-refractivity contribution in [1.29, 1.82) is 0 Å². The van der Waals surface area contributed by atoms with E-state index in [0.29, 0.717) is 0 Å². The van der Waals surface area contributed by atoms with Gasteiger partial charge in [-0.15, -0.1) is 0 Å². The Kier molecular flexibility index (Phi) is 4.76. The molecule has 0 aliphatic carbocycles. The van der Waals surface area contributed by atoms with E-state index in [-0.39, 0.29) is 17.8 Å². The average molecular weight is 305 g/mol. The number of benzene rings is 2. The van der Waals surface area contributed by atoms with Gasteiger partial charge in [-0.25, -0.2) is 0 Å². The number of hydrogen-bond acceptors (Lipinski definition) is 3. The Labute approximate surface area is 131 Å². The summed E-state index contributed by atoms with van der Waals surface area (Å²) >= 11 is 5.92. The molecule has 3 nitrogen and oxygen atoms in total. The zero-order chi connectivity index (χ0) is 15.6. The number of nitrogens with zero attached hydrogens (tertiary/aromatic N) is 1. The molecule has 2 aromatic rings. The molecule has 0 aliphatic rings. The van der Waals surface area contributed by atoms with E-state index in [1.54, 1.807) is 6.07 Å². The lowest BCUT2D eigenvalue weighted by molar-refractivity contribution is 0.463. The molecule has 0 radical (unpaired) electrons. The van der Waals surface area contributed by atoms with Crippen LogP contribution in [0.5, 0.6) is 5.75 Å². The molecular formula is C17H21ClN2O. The molecule has 0 bridgehead atoms. The monoisotopic (exact) mass is 304 g/mol. The average Bonchev–Trinajstić information content (AvgIpc) is 2.46. The van der Waals surface area contributed by atoms with Crippen molar-refractivity contribution in [2.75, 3.05) is 11.9 Å². The molecule has 112 valence electrons. The standard InChI is InChI=1S/C17H21ClN2O/c1-11(19)16-9-8-15(10-17(16)21)20(3)12(2)13-4-6-14(18)7-5-13/h4-12,21H,19H2,1-3H3. The fourth-order valence-corrected chi connectivity index (χ4v) is 2.45. The number of phenolic OH excluding ortho intramolecular Hbond substituents is 1. The van der Waals surface area contributed by atoms with Crippen molar-refractivity contribution < 1.29 is 5.11 Å². The number of nitrogens with two attached hydrogens (primary N) is 1. The first kappa shape index (κ1) is 15.7. The van der Waals surface area contributed by atoms with Crippen LogP contribution in [-0.4, -0.2) is 12.2 Å². The van der Waals surface area contributed by atoms with Gasteiger partial charge >= 0.3 is 0 Å². The highest BCUT2D eigenvalue weighted by molar-refractivity contribution is 6.30. The van der Waals surface area contributed by atoms with Crippen molar-refractivity contribution in [1.82, 2.24) is 0 Å². The van der Waals surface area contributed by atoms with Crippen molar-refractivity contribution in [3.63, 3.8) is 0 Å². The third-order valence-corrected chi connectivity index (χ3v) is 4.10. The van der Waals surface area contributed by atoms with Crippen molar-refractivity contribution in [2.24, 2.45) is 5.73 Å². The van der Waals surface area contributed by atoms with Gasteiger partial charge in [-0.05, 0) is 37.6 Å². The van der Waals surface area contributed by atoms with Crippen LogP contribution in [0.4, 0.5) is 5.69 Å². The van der Waals surface area contributed by atoms with Crippen LogP contribution in [0.1, 0.15) is 37.1 Å². The second-order valence-electron chi connectivity index (χ2n) is 5.37. The Bertz CT molecular complexity index is 611. The summed E-state index contributed by atoms with van der Waals surface area (Å²) in [5, 5.41) is 10.8. The van der Waals surface area contributed by atoms with Crippen molar-refractivity contribution in [3.8, 4) is 5.75 Å². The fraction of sp³-hybridized carbons (Fsp3) is 0.294. The smallest absolute Gasteiger partial charge is 0.122 e. The van der Waals surface area contributed by atoms with Crippen LogP contribution in [0.3, 0.4) is 0 Å². The molecule has 3 N–H and O–H groups in total. The summed E-state index contributed by atoms with van der Waals surface area (Å²) in [6.45, 7) is 3.97. The van der Waals surface area contributed by atoms with E-state index >= 15 is 0 Å². The summed E-state index contributed by atoms with van der Waals surface area (Å²) < 4.78 is 0. The van der Waals surface area contributed by atoms with Gasteiger partial charge in [0.15, 0.2) is 0 Å². The minimum atomic E-state index is -0.182. The van der Waals surface area contributed by atoms with Crippen LogP contribution in [0.2, 0.25) is 5.02 Å². The highest BCUT2D eigenvalue weighted by Gasteiger charge is 2.14. The number of rotatable bonds is 4. The lowest BCUT2D eigenvalue weighted by Gasteiger charge is -2.28. The molecule has 2 rings (SSSR count). The van der Waals surface area contributed by atoms with E-state index < -0.39 is 0 Å². The van der Waals surface area contributed by atoms with E-state index in [9.17, 15) is 5.11 Å². The highest BCUT2D eigenvalue weighted by atomic mass is 35.5. The van der Waals surface area contributed by atoms with Gasteiger partial charge in [0, 0.05) is 35.4 Å². The van der Waals surface area contributed by atoms with Gasteiger partial charge in [0.1, 0.15) is 5.75 Å². The number of aromatic hydroxyl groups is 1. The lowest BCUT2D eigenvalue weighted by atomic mass is 10.0. The topological polar surface area (TPSA) is 49.5 Å². The van der Waals surface area contributed by atoms with Crippen LogP contribution in [-0.2, 0) is 0 Å². The van der Waals surface area contributed by atoms with Crippen molar-refractivity contribution in [3.05, 3.63) is 58.6 Å². The van der Waals surface area contributed by atoms with E-state index in [2.05, 4.69) is 11.8 Å². The lowest BCUT2D eigenvalue weighted by Crippen LogP contribution is -2.21. The molecule has 0 heterocycles. The molecule has 0 spiro atoms. The number of hydrogen-bond donors (Lipinski definition) is 2. The van der Waals surface area contributed by atoms with E-state index in [0.717, 1.165) is 21.8 Å². The third kappa shape index (κ3) is 3.49. The van der Waals surface area contributed by atoms with E-state index in [4.69, 9.17) is 17.3 Å². The quantitative estimate of drug-likeness (QED) is 0.887. The van der Waals surface area contributed by atoms with Crippen LogP contribution >= 0.6 is 11.6 Å². The Morgan fingerprint density at radius 1 is 1.10 bits per heavy atom. The molecule has 0 aliphatic heterocycles. The number of halogens is 1. The maximum atomic E-state index is 10.1. The molecule has 0 amide bonds. The second kappa shape index (κ2) is 6.37. The Morgan fingerprint density at radius 3 is 2.24 bits per heavy atom. The van der Waals surface area contributed by atoms with Crippen molar-refractivity contribution >= 4 is 17.3 Å². The van der Waals surface area contributed by atoms with Crippen LogP contribution in [0.15, 0.2) is 42.5 Å². The Morgan fingerprint density at radius 2 is 1.71 bits per heavy atom. The minimum Gasteiger partial charge on any atom is -0.508 e. The molecular weight excluding hydrogens is 284 g/mol. The first-order chi connectivity index (χ1) is 9.90. The SMILES string of the molecule is CC(N)c1ccc(N(C)C(C)c2ccc(Cl)cc2)cc1O. The first-order valence-electron chi connectivity index (χ1n) is 6.97. The fourth-order valence-electron chi connectivity index (χ4n) is 2.33. The van der Waals surface area contributed by atoms with Crippen LogP contribution < -0.4 is 10.6 Å². The second-order valence-corrected chi connectivity index (χ2v) is 5.81. The van der Waals surface area contributed by atoms with Gasteiger partial charge in [-0.3, -0.25) is 0 Å². The van der Waals surface area contributed by atoms with E-state index in [1.807, 2.05) is 50.4 Å². The maximum absolute atomic E-state index is 10.1. The summed E-state index contributed by atoms with van der Waals surface area (Å²) in [5.74, 6) is 0.234. The van der Waals surface area contributed by atoms with Crippen LogP contribution in [0.25, 0.3) is 0 Å². The molecule has 2 atom stereocenters. The molecule has 0 aromatic heterocycles. The minimum absolute atomic E-state index is 0.169. The zero-order valence-electron chi connectivity index (χ0n) is 12.5. The summed E-state index contributed by atoms with van der Waals surface area (Å²) in [7, 11) is 2.00. The van der Waals surface area contributed by atoms with Gasteiger partial charge in [0.05, 0.1) is 6.04 Å². The van der Waals surface area contributed by atoms with E-state index in [1.165, 1.54) is 0 Å². The summed E-state index contributed by atoms with van der Waals surface area (Å²) in [6.07, 6.45) is 0. The van der Waals surface area contributed by atoms with Gasteiger partial charge in [-0.2, -0.15) is 0 Å².